The van der Waals surface area contributed by atoms with Gasteiger partial charge in [-0.25, -0.2) is 0 Å². The lowest BCUT2D eigenvalue weighted by Crippen LogP contribution is -2.41. The molecule has 8 nitrogen and oxygen atoms in total. The maximum Gasteiger partial charge on any atom is 0.258 e. The van der Waals surface area contributed by atoms with Gasteiger partial charge in [-0.15, -0.1) is 21.5 Å². The number of fused-ring (bicyclic) bond motifs is 1. The van der Waals surface area contributed by atoms with E-state index >= 15 is 0 Å². The van der Waals surface area contributed by atoms with E-state index in [1.807, 2.05) is 82.4 Å². The first-order valence-corrected chi connectivity index (χ1v) is 11.8. The molecule has 0 fully saturated rings. The van der Waals surface area contributed by atoms with Crippen molar-refractivity contribution in [3.63, 3.8) is 0 Å². The number of aromatic nitrogens is 5. The van der Waals surface area contributed by atoms with Gasteiger partial charge in [0.1, 0.15) is 0 Å². The van der Waals surface area contributed by atoms with Crippen LogP contribution in [0.4, 0.5) is 0 Å². The van der Waals surface area contributed by atoms with Gasteiger partial charge in [-0.05, 0) is 48.2 Å². The molecule has 9 heteroatoms. The summed E-state index contributed by atoms with van der Waals surface area (Å²) in [7, 11) is 0. The van der Waals surface area contributed by atoms with Gasteiger partial charge in [-0.3, -0.25) is 4.79 Å². The SMILES string of the molecule is CC1c2nnc(-c3noc(-c4ccccc4)n3)n2CCN1C(=O)c1ccc(-c2cccs2)cc1. The molecule has 0 N–H and O–H groups in total. The van der Waals surface area contributed by atoms with Gasteiger partial charge in [-0.1, -0.05) is 41.6 Å². The molecule has 0 radical (unpaired) electrons. The van der Waals surface area contributed by atoms with Crippen LogP contribution < -0.4 is 0 Å². The highest BCUT2D eigenvalue weighted by atomic mass is 32.1. The zero-order valence-electron chi connectivity index (χ0n) is 18.3. The fourth-order valence-corrected chi connectivity index (χ4v) is 4.96. The van der Waals surface area contributed by atoms with Crippen LogP contribution in [0.25, 0.3) is 33.5 Å². The fraction of sp³-hybridized carbons (Fsp3) is 0.160. The summed E-state index contributed by atoms with van der Waals surface area (Å²) >= 11 is 1.68. The minimum atomic E-state index is -0.236. The molecule has 4 heterocycles. The van der Waals surface area contributed by atoms with E-state index in [0.717, 1.165) is 11.1 Å². The van der Waals surface area contributed by atoms with E-state index in [1.54, 1.807) is 11.3 Å². The van der Waals surface area contributed by atoms with E-state index in [9.17, 15) is 4.79 Å². The van der Waals surface area contributed by atoms with Gasteiger partial charge in [0.2, 0.25) is 11.6 Å². The first-order valence-electron chi connectivity index (χ1n) is 11.0. The van der Waals surface area contributed by atoms with Gasteiger partial charge in [0.15, 0.2) is 5.82 Å². The van der Waals surface area contributed by atoms with Crippen LogP contribution in [-0.4, -0.2) is 42.3 Å². The second-order valence-corrected chi connectivity index (χ2v) is 9.00. The molecule has 0 aliphatic carbocycles. The molecule has 1 amide bonds. The Morgan fingerprint density at radius 2 is 1.79 bits per heavy atom. The van der Waals surface area contributed by atoms with Crippen molar-refractivity contribution < 1.29 is 9.32 Å². The Morgan fingerprint density at radius 3 is 2.56 bits per heavy atom. The fourth-order valence-electron chi connectivity index (χ4n) is 4.23. The maximum atomic E-state index is 13.3. The van der Waals surface area contributed by atoms with Crippen LogP contribution in [0.3, 0.4) is 0 Å². The average molecular weight is 469 g/mol. The molecule has 0 saturated carbocycles. The number of carbonyl (C=O) groups is 1. The van der Waals surface area contributed by atoms with Gasteiger partial charge in [0.05, 0.1) is 6.04 Å². The van der Waals surface area contributed by atoms with Gasteiger partial charge in [0.25, 0.3) is 11.8 Å². The minimum absolute atomic E-state index is 0.0213. The van der Waals surface area contributed by atoms with Crippen LogP contribution in [0, 0.1) is 0 Å². The lowest BCUT2D eigenvalue weighted by atomic mass is 10.1. The monoisotopic (exact) mass is 468 g/mol. The van der Waals surface area contributed by atoms with Crippen LogP contribution in [0.15, 0.2) is 76.6 Å². The van der Waals surface area contributed by atoms with Crippen molar-refractivity contribution in [3.8, 4) is 33.5 Å². The molecule has 1 aliphatic rings. The Bertz CT molecular complexity index is 1440. The highest BCUT2D eigenvalue weighted by Gasteiger charge is 2.33. The number of benzene rings is 2. The molecule has 1 aliphatic heterocycles. The second kappa shape index (κ2) is 8.35. The summed E-state index contributed by atoms with van der Waals surface area (Å²) in [4.78, 5) is 20.8. The molecule has 3 aromatic heterocycles. The molecular formula is C25H20N6O2S. The van der Waals surface area contributed by atoms with Crippen molar-refractivity contribution in [2.45, 2.75) is 19.5 Å². The molecular weight excluding hydrogens is 448 g/mol. The zero-order chi connectivity index (χ0) is 23.1. The number of amides is 1. The quantitative estimate of drug-likeness (QED) is 0.371. The Balaban J connectivity index is 1.24. The predicted octanol–water partition coefficient (Wildman–Crippen LogP) is 4.94. The van der Waals surface area contributed by atoms with E-state index < -0.39 is 0 Å². The third-order valence-corrected chi connectivity index (χ3v) is 6.95. The highest BCUT2D eigenvalue weighted by molar-refractivity contribution is 7.13. The zero-order valence-corrected chi connectivity index (χ0v) is 19.1. The third-order valence-electron chi connectivity index (χ3n) is 6.03. The summed E-state index contributed by atoms with van der Waals surface area (Å²) in [5, 5.41) is 14.8. The van der Waals surface area contributed by atoms with Crippen LogP contribution in [0.1, 0.15) is 29.1 Å². The van der Waals surface area contributed by atoms with Crippen molar-refractivity contribution in [1.29, 1.82) is 0 Å². The molecule has 5 aromatic rings. The normalized spacial score (nSPS) is 15.3. The van der Waals surface area contributed by atoms with Gasteiger partial charge >= 0.3 is 0 Å². The predicted molar refractivity (Wildman–Crippen MR) is 128 cm³/mol. The van der Waals surface area contributed by atoms with Crippen molar-refractivity contribution in [2.75, 3.05) is 6.54 Å². The topological polar surface area (TPSA) is 89.9 Å². The largest absolute Gasteiger partial charge is 0.334 e. The number of rotatable bonds is 4. The summed E-state index contributed by atoms with van der Waals surface area (Å²) in [5.74, 6) is 2.04. The number of hydrogen-bond donors (Lipinski definition) is 0. The maximum absolute atomic E-state index is 13.3. The molecule has 34 heavy (non-hydrogen) atoms. The van der Waals surface area contributed by atoms with Crippen LogP contribution in [0.2, 0.25) is 0 Å². The highest BCUT2D eigenvalue weighted by Crippen LogP contribution is 2.30. The Labute approximate surface area is 199 Å². The lowest BCUT2D eigenvalue weighted by Gasteiger charge is -2.33. The van der Waals surface area contributed by atoms with E-state index in [1.165, 1.54) is 4.88 Å². The minimum Gasteiger partial charge on any atom is -0.334 e. The van der Waals surface area contributed by atoms with Gasteiger partial charge in [-0.2, -0.15) is 4.98 Å². The van der Waals surface area contributed by atoms with Crippen molar-refractivity contribution >= 4 is 17.2 Å². The molecule has 1 unspecified atom stereocenters. The summed E-state index contributed by atoms with van der Waals surface area (Å²) in [6, 6.07) is 21.2. The molecule has 1 atom stereocenters. The number of thiophene rings is 1. The average Bonchev–Trinajstić information content (AvgIpc) is 3.65. The summed E-state index contributed by atoms with van der Waals surface area (Å²) in [6.45, 7) is 3.05. The van der Waals surface area contributed by atoms with Gasteiger partial charge in [0, 0.05) is 29.1 Å². The van der Waals surface area contributed by atoms with E-state index in [-0.39, 0.29) is 11.9 Å². The van der Waals surface area contributed by atoms with E-state index in [4.69, 9.17) is 4.52 Å². The number of hydrogen-bond acceptors (Lipinski definition) is 7. The standard InChI is InChI=1S/C25H20N6O2S/c1-16-22-27-28-23(21-26-24(33-29-21)18-6-3-2-4-7-18)31(22)14-13-30(16)25(32)19-11-9-17(10-12-19)20-8-5-15-34-20/h2-12,15-16H,13-14H2,1H3. The number of nitrogens with zero attached hydrogens (tertiary/aromatic N) is 6. The van der Waals surface area contributed by atoms with Crippen molar-refractivity contribution in [1.82, 2.24) is 29.8 Å². The lowest BCUT2D eigenvalue weighted by molar-refractivity contribution is 0.0638. The molecule has 6 rings (SSSR count). The van der Waals surface area contributed by atoms with Gasteiger partial charge < -0.3 is 14.0 Å². The third kappa shape index (κ3) is 3.50. The molecule has 0 bridgehead atoms. The second-order valence-electron chi connectivity index (χ2n) is 8.05. The van der Waals surface area contributed by atoms with Crippen LogP contribution in [-0.2, 0) is 6.54 Å². The van der Waals surface area contributed by atoms with Crippen molar-refractivity contribution in [2.24, 2.45) is 0 Å². The smallest absolute Gasteiger partial charge is 0.258 e. The Hall–Kier alpha value is -4.11. The Morgan fingerprint density at radius 1 is 0.971 bits per heavy atom. The molecule has 0 saturated heterocycles. The molecule has 168 valence electrons. The molecule has 0 spiro atoms. The van der Waals surface area contributed by atoms with Crippen LogP contribution in [0.5, 0.6) is 0 Å². The Kier molecular flexibility index (Phi) is 5.03. The van der Waals surface area contributed by atoms with E-state index in [0.29, 0.717) is 42.0 Å². The molecule has 2 aromatic carbocycles. The van der Waals surface area contributed by atoms with Crippen LogP contribution >= 0.6 is 11.3 Å². The summed E-state index contributed by atoms with van der Waals surface area (Å²) in [5.41, 5.74) is 2.61. The first-order chi connectivity index (χ1) is 16.7. The van der Waals surface area contributed by atoms with Crippen molar-refractivity contribution in [3.05, 3.63) is 83.5 Å². The van der Waals surface area contributed by atoms with E-state index in [2.05, 4.69) is 26.4 Å². The first kappa shape index (κ1) is 20.5. The number of carbonyl (C=O) groups excluding carboxylic acids is 1. The summed E-state index contributed by atoms with van der Waals surface area (Å²) < 4.78 is 7.41. The summed E-state index contributed by atoms with van der Waals surface area (Å²) in [6.07, 6.45) is 0.